The Morgan fingerprint density at radius 2 is 1.50 bits per heavy atom. The first-order chi connectivity index (χ1) is 22.5. The van der Waals surface area contributed by atoms with Gasteiger partial charge in [0.25, 0.3) is 0 Å². The molecular weight excluding hydrogens is 578 g/mol. The Hall–Kier alpha value is -5.60. The summed E-state index contributed by atoms with van der Waals surface area (Å²) in [5.74, 6) is 0.963. The fourth-order valence-electron chi connectivity index (χ4n) is 6.37. The zero-order valence-corrected chi connectivity index (χ0v) is 25.4. The maximum Gasteiger partial charge on any atom is 0.182 e. The lowest BCUT2D eigenvalue weighted by molar-refractivity contribution is 0.0794. The molecule has 1 aliphatic carbocycles. The van der Waals surface area contributed by atoms with Gasteiger partial charge in [-0.25, -0.2) is 4.98 Å². The van der Waals surface area contributed by atoms with Crippen molar-refractivity contribution in [2.75, 3.05) is 14.2 Å². The molecule has 0 amide bonds. The summed E-state index contributed by atoms with van der Waals surface area (Å²) in [6.07, 6.45) is 2.94. The summed E-state index contributed by atoms with van der Waals surface area (Å²) in [5.41, 5.74) is 3.36. The van der Waals surface area contributed by atoms with Gasteiger partial charge >= 0.3 is 0 Å². The zero-order chi connectivity index (χ0) is 31.7. The van der Waals surface area contributed by atoms with Gasteiger partial charge in [0.05, 0.1) is 12.6 Å². The highest BCUT2D eigenvalue weighted by Crippen LogP contribution is 2.46. The van der Waals surface area contributed by atoms with Gasteiger partial charge in [-0.3, -0.25) is 14.6 Å². The largest absolute Gasteiger partial charge is 0.494 e. The highest BCUT2D eigenvalue weighted by molar-refractivity contribution is 6.34. The summed E-state index contributed by atoms with van der Waals surface area (Å²) in [6.45, 7) is 0.335. The minimum Gasteiger partial charge on any atom is -0.494 e. The molecule has 0 bridgehead atoms. The van der Waals surface area contributed by atoms with Crippen LogP contribution in [0.15, 0.2) is 116 Å². The maximum atomic E-state index is 14.8. The summed E-state index contributed by atoms with van der Waals surface area (Å²) in [5, 5.41) is 0. The molecule has 0 aliphatic heterocycles. The number of Topliss-reactive ketones (excluding diaryl/α,β-unsaturated/α-hetero) is 2. The highest BCUT2D eigenvalue weighted by Gasteiger charge is 2.55. The molecule has 1 aliphatic rings. The van der Waals surface area contributed by atoms with E-state index < -0.39 is 11.5 Å². The molecule has 0 saturated carbocycles. The van der Waals surface area contributed by atoms with Gasteiger partial charge in [0.15, 0.2) is 11.6 Å². The molecule has 4 aromatic carbocycles. The Kier molecular flexibility index (Phi) is 7.64. The second kappa shape index (κ2) is 12.1. The number of ketones is 2. The first kappa shape index (κ1) is 29.1. The lowest BCUT2D eigenvalue weighted by atomic mass is 9.71. The summed E-state index contributed by atoms with van der Waals surface area (Å²) < 4.78 is 17.6. The van der Waals surface area contributed by atoms with Crippen LogP contribution in [0.4, 0.5) is 0 Å². The van der Waals surface area contributed by atoms with E-state index in [2.05, 4.69) is 9.97 Å². The average molecular weight is 610 g/mol. The average Bonchev–Trinajstić information content (AvgIpc) is 3.63. The van der Waals surface area contributed by atoms with E-state index in [1.54, 1.807) is 56.9 Å². The topological polar surface area (TPSA) is 103 Å². The summed E-state index contributed by atoms with van der Waals surface area (Å²) in [4.78, 5) is 42.0. The summed E-state index contributed by atoms with van der Waals surface area (Å²) in [7, 11) is 3.19. The van der Waals surface area contributed by atoms with Crippen molar-refractivity contribution >= 4 is 22.6 Å². The van der Waals surface area contributed by atoms with Crippen molar-refractivity contribution in [3.63, 3.8) is 0 Å². The van der Waals surface area contributed by atoms with Crippen LogP contribution in [0.5, 0.6) is 11.5 Å². The number of pyridine rings is 1. The van der Waals surface area contributed by atoms with E-state index in [1.807, 2.05) is 72.8 Å². The van der Waals surface area contributed by atoms with E-state index in [4.69, 9.17) is 19.2 Å². The third-order valence-electron chi connectivity index (χ3n) is 8.61. The molecule has 6 aromatic rings. The molecule has 8 nitrogen and oxygen atoms in total. The third-order valence-corrected chi connectivity index (χ3v) is 8.61. The van der Waals surface area contributed by atoms with E-state index in [0.717, 1.165) is 16.7 Å². The van der Waals surface area contributed by atoms with Crippen LogP contribution in [-0.2, 0) is 23.2 Å². The number of carbonyl (C=O) groups excluding carboxylic acids is 2. The lowest BCUT2D eigenvalue weighted by Gasteiger charge is -2.27. The summed E-state index contributed by atoms with van der Waals surface area (Å²) in [6, 6.07) is 31.9. The van der Waals surface area contributed by atoms with Gasteiger partial charge in [0, 0.05) is 36.2 Å². The van der Waals surface area contributed by atoms with Crippen LogP contribution in [0, 0.1) is 0 Å². The molecule has 2 aromatic heterocycles. The number of hydrogen-bond donors (Lipinski definition) is 1. The minimum absolute atomic E-state index is 0.129. The number of H-pyrrole nitrogens is 1. The van der Waals surface area contributed by atoms with E-state index >= 15 is 0 Å². The number of nitrogens with zero attached hydrogens (tertiary/aromatic N) is 2. The number of rotatable bonds is 10. The number of nitrogens with one attached hydrogen (secondary N) is 1. The van der Waals surface area contributed by atoms with Crippen LogP contribution in [0.1, 0.15) is 54.9 Å². The van der Waals surface area contributed by atoms with Gasteiger partial charge in [-0.15, -0.1) is 0 Å². The predicted molar refractivity (Wildman–Crippen MR) is 173 cm³/mol. The molecule has 228 valence electrons. The molecule has 0 radical (unpaired) electrons. The van der Waals surface area contributed by atoms with Crippen molar-refractivity contribution in [2.45, 2.75) is 24.5 Å². The molecule has 0 spiro atoms. The quantitative estimate of drug-likeness (QED) is 0.170. The first-order valence-electron chi connectivity index (χ1n) is 15.0. The maximum absolute atomic E-state index is 14.8. The fourth-order valence-corrected chi connectivity index (χ4v) is 6.37. The molecule has 0 fully saturated rings. The van der Waals surface area contributed by atoms with Crippen molar-refractivity contribution in [1.29, 1.82) is 0 Å². The number of ether oxygens (including phenoxy) is 3. The number of carbonyl (C=O) groups is 2. The van der Waals surface area contributed by atoms with E-state index in [1.165, 1.54) is 0 Å². The molecule has 2 heterocycles. The Morgan fingerprint density at radius 3 is 2.22 bits per heavy atom. The van der Waals surface area contributed by atoms with Crippen molar-refractivity contribution < 1.29 is 23.8 Å². The number of imidazole rings is 1. The van der Waals surface area contributed by atoms with Crippen molar-refractivity contribution in [2.24, 2.45) is 0 Å². The van der Waals surface area contributed by atoms with Gasteiger partial charge in [0.2, 0.25) is 0 Å². The molecule has 0 saturated heterocycles. The summed E-state index contributed by atoms with van der Waals surface area (Å²) >= 11 is 0. The second-order valence-electron chi connectivity index (χ2n) is 11.3. The Balaban J connectivity index is 1.38. The molecule has 2 unspecified atom stereocenters. The minimum atomic E-state index is -1.58. The highest BCUT2D eigenvalue weighted by atomic mass is 16.5. The third kappa shape index (κ3) is 4.93. The Labute approximate surface area is 266 Å². The Bertz CT molecular complexity index is 2040. The van der Waals surface area contributed by atoms with Gasteiger partial charge in [-0.05, 0) is 59.5 Å². The standard InChI is InChI=1S/C38H31N3O5/c1-44-31-16-15-30(32-33(31)41-37(40-32)34(45-2)26-11-7-4-8-12-26)38(22-24-17-19-39-20-18-24)35(42)28-14-13-27(21-29(28)36(38)43)46-23-25-9-5-3-6-10-25/h3-21,34H,22-23H2,1-2H3,(H,40,41). The Morgan fingerprint density at radius 1 is 0.783 bits per heavy atom. The molecular formula is C38H31N3O5. The van der Waals surface area contributed by atoms with E-state index in [9.17, 15) is 9.59 Å². The first-order valence-corrected chi connectivity index (χ1v) is 15.0. The van der Waals surface area contributed by atoms with Gasteiger partial charge in [-0.1, -0.05) is 66.7 Å². The number of aromatic nitrogens is 3. The van der Waals surface area contributed by atoms with Crippen LogP contribution in [0.3, 0.4) is 0 Å². The van der Waals surface area contributed by atoms with Crippen LogP contribution >= 0.6 is 0 Å². The molecule has 2 atom stereocenters. The second-order valence-corrected chi connectivity index (χ2v) is 11.3. The van der Waals surface area contributed by atoms with Crippen molar-refractivity contribution in [3.05, 3.63) is 155 Å². The SMILES string of the molecule is COc1ccc(C2(Cc3ccncc3)C(=O)c3ccc(OCc4ccccc4)cc3C2=O)c2[nH]c(C(OC)c3ccccc3)nc12. The fraction of sp³-hybridized carbons (Fsp3) is 0.158. The van der Waals surface area contributed by atoms with E-state index in [-0.39, 0.29) is 18.0 Å². The lowest BCUT2D eigenvalue weighted by Crippen LogP contribution is -2.41. The normalized spacial score (nSPS) is 16.4. The van der Waals surface area contributed by atoms with E-state index in [0.29, 0.717) is 51.7 Å². The van der Waals surface area contributed by atoms with Crippen molar-refractivity contribution in [3.8, 4) is 11.5 Å². The molecule has 46 heavy (non-hydrogen) atoms. The number of hydrogen-bond acceptors (Lipinski definition) is 7. The smallest absolute Gasteiger partial charge is 0.182 e. The van der Waals surface area contributed by atoms with Crippen molar-refractivity contribution in [1.82, 2.24) is 15.0 Å². The zero-order valence-electron chi connectivity index (χ0n) is 25.4. The number of methoxy groups -OCH3 is 2. The van der Waals surface area contributed by atoms with Crippen LogP contribution in [-0.4, -0.2) is 40.7 Å². The van der Waals surface area contributed by atoms with Gasteiger partial charge < -0.3 is 19.2 Å². The molecule has 8 heteroatoms. The molecule has 1 N–H and O–H groups in total. The number of fused-ring (bicyclic) bond motifs is 2. The van der Waals surface area contributed by atoms with Gasteiger partial charge in [0.1, 0.15) is 41.0 Å². The number of benzene rings is 4. The van der Waals surface area contributed by atoms with Crippen LogP contribution < -0.4 is 9.47 Å². The van der Waals surface area contributed by atoms with Crippen LogP contribution in [0.25, 0.3) is 11.0 Å². The predicted octanol–water partition coefficient (Wildman–Crippen LogP) is 6.84. The number of aromatic amines is 1. The molecule has 7 rings (SSSR count). The van der Waals surface area contributed by atoms with Crippen LogP contribution in [0.2, 0.25) is 0 Å². The monoisotopic (exact) mass is 609 g/mol. The van der Waals surface area contributed by atoms with Gasteiger partial charge in [-0.2, -0.15) is 0 Å².